The van der Waals surface area contributed by atoms with Gasteiger partial charge in [-0.3, -0.25) is 0 Å². The predicted octanol–water partition coefficient (Wildman–Crippen LogP) is 2.77. The van der Waals surface area contributed by atoms with Crippen LogP contribution in [-0.4, -0.2) is 17.7 Å². The summed E-state index contributed by atoms with van der Waals surface area (Å²) < 4.78 is 36.9. The van der Waals surface area contributed by atoms with Crippen LogP contribution in [0.15, 0.2) is 24.4 Å². The lowest BCUT2D eigenvalue weighted by molar-refractivity contribution is -0.127. The molecule has 0 atom stereocenters. The topological polar surface area (TPSA) is 41.8 Å². The molecular formula is C12H13F3N2. The number of rotatable bonds is 3. The average molecular weight is 242 g/mol. The molecule has 2 rings (SSSR count). The number of halogens is 3. The van der Waals surface area contributed by atoms with E-state index in [1.165, 1.54) is 6.07 Å². The summed E-state index contributed by atoms with van der Waals surface area (Å²) in [6.07, 6.45) is -2.60. The summed E-state index contributed by atoms with van der Waals surface area (Å²) in [7, 11) is 0. The minimum absolute atomic E-state index is 0.280. The van der Waals surface area contributed by atoms with E-state index in [2.05, 4.69) is 4.98 Å². The van der Waals surface area contributed by atoms with Gasteiger partial charge in [-0.1, -0.05) is 6.07 Å². The van der Waals surface area contributed by atoms with Crippen LogP contribution in [-0.2, 0) is 12.8 Å². The number of nitrogens with one attached hydrogen (secondary N) is 1. The predicted molar refractivity (Wildman–Crippen MR) is 60.8 cm³/mol. The van der Waals surface area contributed by atoms with Gasteiger partial charge in [-0.2, -0.15) is 13.2 Å². The molecule has 0 spiro atoms. The number of hydrogen-bond acceptors (Lipinski definition) is 1. The highest BCUT2D eigenvalue weighted by molar-refractivity contribution is 5.83. The van der Waals surface area contributed by atoms with Gasteiger partial charge in [0.25, 0.3) is 0 Å². The smallest absolute Gasteiger partial charge is 0.361 e. The molecule has 3 N–H and O–H groups in total. The lowest BCUT2D eigenvalue weighted by Gasteiger charge is -2.06. The van der Waals surface area contributed by atoms with E-state index in [-0.39, 0.29) is 5.56 Å². The van der Waals surface area contributed by atoms with E-state index in [1.54, 1.807) is 18.3 Å². The van der Waals surface area contributed by atoms with E-state index < -0.39 is 12.6 Å². The van der Waals surface area contributed by atoms with Crippen molar-refractivity contribution in [2.45, 2.75) is 19.0 Å². The summed E-state index contributed by atoms with van der Waals surface area (Å²) in [5.41, 5.74) is 7.55. The quantitative estimate of drug-likeness (QED) is 0.853. The Bertz CT molecular complexity index is 514. The highest BCUT2D eigenvalue weighted by atomic mass is 19.4. The van der Waals surface area contributed by atoms with Gasteiger partial charge in [0.05, 0.1) is 6.42 Å². The van der Waals surface area contributed by atoms with Crippen LogP contribution in [0.3, 0.4) is 0 Å². The normalized spacial score (nSPS) is 12.2. The molecule has 5 heteroatoms. The van der Waals surface area contributed by atoms with Crippen molar-refractivity contribution in [2.24, 2.45) is 5.73 Å². The number of benzene rings is 1. The first-order chi connectivity index (χ1) is 7.99. The number of H-pyrrole nitrogens is 1. The number of fused-ring (bicyclic) bond motifs is 1. The molecule has 92 valence electrons. The van der Waals surface area contributed by atoms with E-state index in [9.17, 15) is 13.2 Å². The molecule has 2 nitrogen and oxygen atoms in total. The minimum Gasteiger partial charge on any atom is -0.361 e. The summed E-state index contributed by atoms with van der Waals surface area (Å²) in [5, 5.41) is 0.831. The third-order valence-electron chi connectivity index (χ3n) is 2.65. The van der Waals surface area contributed by atoms with Crippen LogP contribution in [0.1, 0.15) is 11.1 Å². The Hall–Kier alpha value is -1.49. The highest BCUT2D eigenvalue weighted by Crippen LogP contribution is 2.25. The molecule has 1 heterocycles. The molecule has 0 aliphatic rings. The number of nitrogens with two attached hydrogens (primary N) is 1. The summed E-state index contributed by atoms with van der Waals surface area (Å²) in [6.45, 7) is 0.483. The molecule has 0 aliphatic carbocycles. The van der Waals surface area contributed by atoms with Gasteiger partial charge >= 0.3 is 6.18 Å². The van der Waals surface area contributed by atoms with Crippen LogP contribution >= 0.6 is 0 Å². The van der Waals surface area contributed by atoms with Crippen molar-refractivity contribution in [1.29, 1.82) is 0 Å². The van der Waals surface area contributed by atoms with Gasteiger partial charge in [0.2, 0.25) is 0 Å². The fourth-order valence-electron chi connectivity index (χ4n) is 1.93. The van der Waals surface area contributed by atoms with E-state index in [0.717, 1.165) is 16.5 Å². The molecule has 0 saturated carbocycles. The zero-order valence-electron chi connectivity index (χ0n) is 9.14. The van der Waals surface area contributed by atoms with Gasteiger partial charge in [0.15, 0.2) is 0 Å². The average Bonchev–Trinajstić information content (AvgIpc) is 2.59. The largest absolute Gasteiger partial charge is 0.393 e. The van der Waals surface area contributed by atoms with E-state index in [1.807, 2.05) is 0 Å². The zero-order valence-corrected chi connectivity index (χ0v) is 9.14. The zero-order chi connectivity index (χ0) is 12.5. The van der Waals surface area contributed by atoms with Gasteiger partial charge in [0.1, 0.15) is 0 Å². The van der Waals surface area contributed by atoms with Crippen molar-refractivity contribution in [3.05, 3.63) is 35.5 Å². The van der Waals surface area contributed by atoms with Crippen molar-refractivity contribution >= 4 is 10.9 Å². The maximum Gasteiger partial charge on any atom is 0.393 e. The molecule has 1 aromatic heterocycles. The van der Waals surface area contributed by atoms with Gasteiger partial charge < -0.3 is 10.7 Å². The van der Waals surface area contributed by atoms with Gasteiger partial charge in [-0.15, -0.1) is 0 Å². The Morgan fingerprint density at radius 2 is 2.00 bits per heavy atom. The first-order valence-corrected chi connectivity index (χ1v) is 5.35. The maximum absolute atomic E-state index is 12.3. The van der Waals surface area contributed by atoms with Crippen LogP contribution in [0, 0.1) is 0 Å². The Balaban J connectivity index is 2.37. The molecule has 0 bridgehead atoms. The molecule has 17 heavy (non-hydrogen) atoms. The second kappa shape index (κ2) is 4.41. The summed E-state index contributed by atoms with van der Waals surface area (Å²) in [5.74, 6) is 0. The molecule has 0 unspecified atom stereocenters. The second-order valence-corrected chi connectivity index (χ2v) is 4.02. The third kappa shape index (κ3) is 2.79. The minimum atomic E-state index is -4.17. The van der Waals surface area contributed by atoms with Gasteiger partial charge in [-0.05, 0) is 36.2 Å². The number of aromatic nitrogens is 1. The summed E-state index contributed by atoms with van der Waals surface area (Å²) >= 11 is 0. The van der Waals surface area contributed by atoms with E-state index >= 15 is 0 Å². The van der Waals surface area contributed by atoms with Crippen LogP contribution in [0.2, 0.25) is 0 Å². The second-order valence-electron chi connectivity index (χ2n) is 4.02. The van der Waals surface area contributed by atoms with E-state index in [0.29, 0.717) is 13.0 Å². The Morgan fingerprint density at radius 3 is 2.65 bits per heavy atom. The molecule has 0 saturated heterocycles. The van der Waals surface area contributed by atoms with Crippen LogP contribution < -0.4 is 5.73 Å². The first kappa shape index (κ1) is 12.0. The molecule has 0 aliphatic heterocycles. The lowest BCUT2D eigenvalue weighted by atomic mass is 10.1. The summed E-state index contributed by atoms with van der Waals surface area (Å²) in [6, 6.07) is 4.76. The molecular weight excluding hydrogens is 229 g/mol. The first-order valence-electron chi connectivity index (χ1n) is 5.35. The van der Waals surface area contributed by atoms with Crippen molar-refractivity contribution in [1.82, 2.24) is 4.98 Å². The Labute approximate surface area is 96.6 Å². The third-order valence-corrected chi connectivity index (χ3v) is 2.65. The Morgan fingerprint density at radius 1 is 1.24 bits per heavy atom. The molecule has 0 amide bonds. The standard InChI is InChI=1S/C12H13F3N2/c13-12(14,15)6-8-1-2-11-10(5-8)9(3-4-16)7-17-11/h1-2,5,7,17H,3-4,6,16H2. The van der Waals surface area contributed by atoms with Crippen molar-refractivity contribution in [3.8, 4) is 0 Å². The number of alkyl halides is 3. The number of aromatic amines is 1. The molecule has 1 aromatic carbocycles. The number of hydrogen-bond donors (Lipinski definition) is 2. The fourth-order valence-corrected chi connectivity index (χ4v) is 1.93. The van der Waals surface area contributed by atoms with Crippen LogP contribution in [0.5, 0.6) is 0 Å². The lowest BCUT2D eigenvalue weighted by Crippen LogP contribution is -2.11. The van der Waals surface area contributed by atoms with Crippen LogP contribution in [0.25, 0.3) is 10.9 Å². The maximum atomic E-state index is 12.3. The highest BCUT2D eigenvalue weighted by Gasteiger charge is 2.27. The summed E-state index contributed by atoms with van der Waals surface area (Å²) in [4.78, 5) is 3.03. The molecule has 2 aromatic rings. The van der Waals surface area contributed by atoms with Crippen molar-refractivity contribution in [3.63, 3.8) is 0 Å². The Kier molecular flexibility index (Phi) is 3.11. The van der Waals surface area contributed by atoms with E-state index in [4.69, 9.17) is 5.73 Å². The fraction of sp³-hybridized carbons (Fsp3) is 0.333. The van der Waals surface area contributed by atoms with Gasteiger partial charge in [0, 0.05) is 17.1 Å². The van der Waals surface area contributed by atoms with Crippen LogP contribution in [0.4, 0.5) is 13.2 Å². The molecule has 0 fully saturated rings. The van der Waals surface area contributed by atoms with Gasteiger partial charge in [-0.25, -0.2) is 0 Å². The SMILES string of the molecule is NCCc1c[nH]c2ccc(CC(F)(F)F)cc12. The van der Waals surface area contributed by atoms with Crippen molar-refractivity contribution in [2.75, 3.05) is 6.54 Å². The monoisotopic (exact) mass is 242 g/mol. The molecule has 0 radical (unpaired) electrons. The van der Waals surface area contributed by atoms with Crippen molar-refractivity contribution < 1.29 is 13.2 Å².